The fraction of sp³-hybridized carbons (Fsp3) is 0.442. The normalized spacial score (nSPS) is 19.3. The highest BCUT2D eigenvalue weighted by Crippen LogP contribution is 2.40. The van der Waals surface area contributed by atoms with Crippen LogP contribution < -0.4 is 5.32 Å². The predicted molar refractivity (Wildman–Crippen MR) is 215 cm³/mol. The van der Waals surface area contributed by atoms with Gasteiger partial charge in [-0.1, -0.05) is 99.4 Å². The van der Waals surface area contributed by atoms with E-state index in [1.165, 1.54) is 0 Å². The molecule has 2 aromatic heterocycles. The molecule has 0 radical (unpaired) electrons. The number of carbonyl (C=O) groups excluding carboxylic acids is 2. The predicted octanol–water partition coefficient (Wildman–Crippen LogP) is 9.90. The summed E-state index contributed by atoms with van der Waals surface area (Å²) >= 11 is 13.3. The van der Waals surface area contributed by atoms with E-state index in [-0.39, 0.29) is 17.9 Å². The van der Waals surface area contributed by atoms with Crippen molar-refractivity contribution in [1.82, 2.24) is 30.2 Å². The number of rotatable bonds is 15. The zero-order valence-electron chi connectivity index (χ0n) is 31.3. The van der Waals surface area contributed by atoms with Gasteiger partial charge in [0.25, 0.3) is 0 Å². The van der Waals surface area contributed by atoms with E-state index in [2.05, 4.69) is 104 Å². The number of halogens is 2. The first-order valence-corrected chi connectivity index (χ1v) is 19.9. The Balaban J connectivity index is 0.945. The third kappa shape index (κ3) is 8.98. The van der Waals surface area contributed by atoms with Crippen LogP contribution in [0.1, 0.15) is 77.9 Å². The van der Waals surface area contributed by atoms with Crippen LogP contribution in [0.15, 0.2) is 60.7 Å². The number of aryl methyl sites for hydroxylation is 2. The first-order valence-electron chi connectivity index (χ1n) is 19.1. The number of hydrogen-bond donors (Lipinski definition) is 3. The second-order valence-corrected chi connectivity index (χ2v) is 16.8. The third-order valence-corrected chi connectivity index (χ3v) is 11.3. The van der Waals surface area contributed by atoms with Crippen LogP contribution >= 0.6 is 23.2 Å². The minimum absolute atomic E-state index is 0.150. The Kier molecular flexibility index (Phi) is 11.0. The maximum Gasteiger partial charge on any atom is 0.222 e. The molecule has 2 amide bonds. The van der Waals surface area contributed by atoms with E-state index in [9.17, 15) is 9.59 Å². The molecule has 4 atom stereocenters. The zero-order valence-corrected chi connectivity index (χ0v) is 32.8. The lowest BCUT2D eigenvalue weighted by atomic mass is 9.98. The number of imidazole rings is 2. The van der Waals surface area contributed by atoms with Crippen molar-refractivity contribution in [3.8, 4) is 33.6 Å². The fourth-order valence-electron chi connectivity index (χ4n) is 7.53. The van der Waals surface area contributed by atoms with Crippen molar-refractivity contribution >= 4 is 45.8 Å². The Hall–Kier alpha value is -4.14. The summed E-state index contributed by atoms with van der Waals surface area (Å²) < 4.78 is 0. The standard InChI is InChI=1S/C43H50Cl2N6O2/c1-24(2)18-38(52)46-34-22-31(34)14-16-36-48-41(43(45)50-36)33-13-12-29-20-28(10-11-30(29)21-33)26-6-8-27(9-7-26)40-42(44)49-37(47-40)17-15-32-23-35(32)51(5)39(53)19-25(3)4/h6-13,20-21,24-25,31-32,34-35H,14-19,22-23H2,1-5H3,(H,46,52)(H,47,49)(H,48,50). The number of aromatic amines is 2. The molecule has 2 aliphatic carbocycles. The van der Waals surface area contributed by atoms with Crippen LogP contribution in [0.25, 0.3) is 44.4 Å². The largest absolute Gasteiger partial charge is 0.353 e. The molecule has 0 bridgehead atoms. The lowest BCUT2D eigenvalue weighted by Gasteiger charge is -2.18. The monoisotopic (exact) mass is 752 g/mol. The molecule has 0 spiro atoms. The number of nitrogens with zero attached hydrogens (tertiary/aromatic N) is 3. The Morgan fingerprint density at radius 3 is 1.89 bits per heavy atom. The lowest BCUT2D eigenvalue weighted by Crippen LogP contribution is -2.30. The summed E-state index contributed by atoms with van der Waals surface area (Å²) in [4.78, 5) is 42.8. The van der Waals surface area contributed by atoms with Crippen molar-refractivity contribution in [3.63, 3.8) is 0 Å². The molecule has 3 aromatic carbocycles. The van der Waals surface area contributed by atoms with Gasteiger partial charge in [0.15, 0.2) is 0 Å². The highest BCUT2D eigenvalue weighted by Gasteiger charge is 2.41. The highest BCUT2D eigenvalue weighted by atomic mass is 35.5. The molecule has 53 heavy (non-hydrogen) atoms. The van der Waals surface area contributed by atoms with Gasteiger partial charge in [-0.3, -0.25) is 9.59 Å². The molecule has 7 rings (SSSR count). The molecule has 5 aromatic rings. The van der Waals surface area contributed by atoms with Gasteiger partial charge >= 0.3 is 0 Å². The molecule has 4 unspecified atom stereocenters. The van der Waals surface area contributed by atoms with Gasteiger partial charge in [-0.05, 0) is 83.4 Å². The SMILES string of the molecule is CC(C)CC(=O)NC1CC1CCc1nc(-c2ccc3cc(-c4ccc(-c5nc(CCC6CC6N(C)C(=O)CC(C)C)[nH]c5Cl)cc4)ccc3c2)c(Cl)[nH]1. The minimum Gasteiger partial charge on any atom is -0.353 e. The van der Waals surface area contributed by atoms with Gasteiger partial charge in [-0.15, -0.1) is 0 Å². The number of benzene rings is 3. The molecule has 2 fully saturated rings. The Morgan fingerprint density at radius 2 is 1.26 bits per heavy atom. The topological polar surface area (TPSA) is 107 Å². The van der Waals surface area contributed by atoms with E-state index >= 15 is 0 Å². The first-order chi connectivity index (χ1) is 25.4. The fourth-order valence-corrected chi connectivity index (χ4v) is 8.05. The second-order valence-electron chi connectivity index (χ2n) is 16.1. The van der Waals surface area contributed by atoms with Gasteiger partial charge in [0.1, 0.15) is 33.3 Å². The number of hydrogen-bond acceptors (Lipinski definition) is 4. The molecule has 2 saturated carbocycles. The molecular formula is C43H50Cl2N6O2. The molecule has 278 valence electrons. The van der Waals surface area contributed by atoms with Crippen molar-refractivity contribution in [1.29, 1.82) is 0 Å². The Labute approximate surface area is 322 Å². The molecular weight excluding hydrogens is 703 g/mol. The molecule has 2 heterocycles. The highest BCUT2D eigenvalue weighted by molar-refractivity contribution is 6.32. The average Bonchev–Trinajstić information content (AvgIpc) is 3.99. The number of nitrogens with one attached hydrogen (secondary N) is 3. The summed E-state index contributed by atoms with van der Waals surface area (Å²) in [6.07, 6.45) is 6.82. The molecule has 2 aliphatic rings. The van der Waals surface area contributed by atoms with Crippen molar-refractivity contribution in [3.05, 3.63) is 82.6 Å². The number of aromatic nitrogens is 4. The summed E-state index contributed by atoms with van der Waals surface area (Å²) in [6.45, 7) is 8.30. The quantitative estimate of drug-likeness (QED) is 0.0990. The summed E-state index contributed by atoms with van der Waals surface area (Å²) in [6, 6.07) is 21.8. The third-order valence-electron chi connectivity index (χ3n) is 10.7. The van der Waals surface area contributed by atoms with Crippen LogP contribution in [0.2, 0.25) is 10.3 Å². The number of H-pyrrole nitrogens is 2. The van der Waals surface area contributed by atoms with E-state index in [4.69, 9.17) is 33.2 Å². The molecule has 0 aliphatic heterocycles. The summed E-state index contributed by atoms with van der Waals surface area (Å²) in [5, 5.41) is 6.51. The number of amides is 2. The summed E-state index contributed by atoms with van der Waals surface area (Å²) in [5.41, 5.74) is 5.71. The number of carbonyl (C=O) groups is 2. The Bertz CT molecular complexity index is 2100. The molecule has 8 nitrogen and oxygen atoms in total. The van der Waals surface area contributed by atoms with Crippen molar-refractivity contribution < 1.29 is 9.59 Å². The average molecular weight is 754 g/mol. The maximum atomic E-state index is 12.5. The van der Waals surface area contributed by atoms with Gasteiger partial charge in [-0.25, -0.2) is 9.97 Å². The van der Waals surface area contributed by atoms with Gasteiger partial charge in [0.2, 0.25) is 11.8 Å². The first kappa shape index (κ1) is 37.2. The van der Waals surface area contributed by atoms with Crippen molar-refractivity contribution in [2.75, 3.05) is 7.05 Å². The second kappa shape index (κ2) is 15.7. The summed E-state index contributed by atoms with van der Waals surface area (Å²) in [7, 11) is 1.94. The van der Waals surface area contributed by atoms with E-state index in [0.717, 1.165) is 94.6 Å². The van der Waals surface area contributed by atoms with Gasteiger partial charge in [0.05, 0.1) is 0 Å². The van der Waals surface area contributed by atoms with Crippen molar-refractivity contribution in [2.45, 2.75) is 91.1 Å². The van der Waals surface area contributed by atoms with Crippen LogP contribution in [0, 0.1) is 23.7 Å². The van der Waals surface area contributed by atoms with Crippen LogP contribution in [0.3, 0.4) is 0 Å². The van der Waals surface area contributed by atoms with Gasteiger partial charge in [0, 0.05) is 55.9 Å². The minimum atomic E-state index is 0.150. The zero-order chi connectivity index (χ0) is 37.4. The van der Waals surface area contributed by atoms with Crippen molar-refractivity contribution in [2.24, 2.45) is 23.7 Å². The molecule has 10 heteroatoms. The molecule has 0 saturated heterocycles. The van der Waals surface area contributed by atoms with E-state index in [1.54, 1.807) is 0 Å². The van der Waals surface area contributed by atoms with Crippen LogP contribution in [0.5, 0.6) is 0 Å². The van der Waals surface area contributed by atoms with E-state index in [0.29, 0.717) is 52.9 Å². The number of fused-ring (bicyclic) bond motifs is 1. The van der Waals surface area contributed by atoms with Crippen LogP contribution in [0.4, 0.5) is 0 Å². The summed E-state index contributed by atoms with van der Waals surface area (Å²) in [5.74, 6) is 3.90. The maximum absolute atomic E-state index is 12.5. The van der Waals surface area contributed by atoms with Gasteiger partial charge < -0.3 is 20.2 Å². The smallest absolute Gasteiger partial charge is 0.222 e. The van der Waals surface area contributed by atoms with Crippen LogP contribution in [-0.2, 0) is 22.4 Å². The Morgan fingerprint density at radius 1 is 0.736 bits per heavy atom. The van der Waals surface area contributed by atoms with E-state index in [1.807, 2.05) is 11.9 Å². The van der Waals surface area contributed by atoms with Crippen LogP contribution in [-0.4, -0.2) is 55.8 Å². The van der Waals surface area contributed by atoms with E-state index < -0.39 is 0 Å². The van der Waals surface area contributed by atoms with Gasteiger partial charge in [-0.2, -0.15) is 0 Å². The lowest BCUT2D eigenvalue weighted by molar-refractivity contribution is -0.131. The molecule has 3 N–H and O–H groups in total.